The van der Waals surface area contributed by atoms with E-state index in [0.717, 1.165) is 31.5 Å². The Kier molecular flexibility index (Phi) is 4.60. The van der Waals surface area contributed by atoms with E-state index in [1.807, 2.05) is 0 Å². The van der Waals surface area contributed by atoms with Crippen LogP contribution in [-0.4, -0.2) is 41.7 Å². The molecule has 0 radical (unpaired) electrons. The monoisotopic (exact) mass is 314 g/mol. The zero-order valence-electron chi connectivity index (χ0n) is 11.4. The summed E-state index contributed by atoms with van der Waals surface area (Å²) in [6.07, 6.45) is 4.90. The molecule has 21 heavy (non-hydrogen) atoms. The van der Waals surface area contributed by atoms with Crippen molar-refractivity contribution in [3.63, 3.8) is 0 Å². The number of aliphatic hydroxyl groups is 1. The summed E-state index contributed by atoms with van der Waals surface area (Å²) in [5.74, 6) is -1.17. The zero-order valence-corrected chi connectivity index (χ0v) is 12.3. The maximum Gasteiger partial charge on any atom is 0.337 e. The Balaban J connectivity index is 2.22. The maximum absolute atomic E-state index is 12.3. The number of hydrogen-bond donors (Lipinski definition) is 3. The minimum absolute atomic E-state index is 0.0801. The van der Waals surface area contributed by atoms with Crippen LogP contribution in [-0.2, 0) is 10.0 Å². The molecular weight excluding hydrogens is 296 g/mol. The lowest BCUT2D eigenvalue weighted by molar-refractivity contribution is 0.0696. The number of nitrogens with zero attached hydrogens (tertiary/aromatic N) is 1. The van der Waals surface area contributed by atoms with Crippen molar-refractivity contribution in [2.75, 3.05) is 6.61 Å². The molecule has 0 aliphatic heterocycles. The molecule has 7 nitrogen and oxygen atoms in total. The number of carboxylic acids is 1. The Labute approximate surface area is 123 Å². The Morgan fingerprint density at radius 2 is 1.95 bits per heavy atom. The molecule has 1 aromatic rings. The summed E-state index contributed by atoms with van der Waals surface area (Å²) < 4.78 is 27.2. The summed E-state index contributed by atoms with van der Waals surface area (Å²) in [5.41, 5.74) is -0.923. The molecule has 0 spiro atoms. The summed E-state index contributed by atoms with van der Waals surface area (Å²) in [4.78, 5) is 14.4. The first-order chi connectivity index (χ1) is 9.88. The van der Waals surface area contributed by atoms with Crippen LogP contribution in [0.2, 0.25) is 0 Å². The van der Waals surface area contributed by atoms with Crippen LogP contribution in [0.1, 0.15) is 42.5 Å². The van der Waals surface area contributed by atoms with Gasteiger partial charge in [0.15, 0.2) is 5.03 Å². The first-order valence-corrected chi connectivity index (χ1v) is 8.21. The number of carbonyl (C=O) groups is 1. The van der Waals surface area contributed by atoms with Gasteiger partial charge in [-0.25, -0.2) is 22.9 Å². The van der Waals surface area contributed by atoms with Crippen LogP contribution in [0.3, 0.4) is 0 Å². The normalized spacial score (nSPS) is 18.3. The van der Waals surface area contributed by atoms with Gasteiger partial charge in [0.25, 0.3) is 10.0 Å². The lowest BCUT2D eigenvalue weighted by atomic mass is 9.83. The molecule has 1 aliphatic carbocycles. The number of pyridine rings is 1. The topological polar surface area (TPSA) is 117 Å². The summed E-state index contributed by atoms with van der Waals surface area (Å²) >= 11 is 0. The van der Waals surface area contributed by atoms with Gasteiger partial charge < -0.3 is 10.2 Å². The van der Waals surface area contributed by atoms with Gasteiger partial charge in [-0.1, -0.05) is 19.3 Å². The molecule has 0 bridgehead atoms. The van der Waals surface area contributed by atoms with Crippen molar-refractivity contribution in [1.29, 1.82) is 0 Å². The number of aromatic nitrogens is 1. The van der Waals surface area contributed by atoms with Gasteiger partial charge in [-0.15, -0.1) is 0 Å². The molecule has 116 valence electrons. The van der Waals surface area contributed by atoms with Crippen LogP contribution in [0.4, 0.5) is 0 Å². The van der Waals surface area contributed by atoms with Crippen LogP contribution in [0.25, 0.3) is 0 Å². The fourth-order valence-corrected chi connectivity index (χ4v) is 3.91. The van der Waals surface area contributed by atoms with Crippen molar-refractivity contribution in [3.8, 4) is 0 Å². The number of hydrogen-bond acceptors (Lipinski definition) is 5. The Morgan fingerprint density at radius 1 is 1.29 bits per heavy atom. The van der Waals surface area contributed by atoms with Gasteiger partial charge >= 0.3 is 5.97 Å². The third-order valence-electron chi connectivity index (χ3n) is 3.72. The first-order valence-electron chi connectivity index (χ1n) is 6.73. The molecule has 8 heteroatoms. The molecule has 1 aromatic heterocycles. The summed E-state index contributed by atoms with van der Waals surface area (Å²) in [6.45, 7) is -0.264. The zero-order chi connectivity index (χ0) is 15.5. The molecule has 2 rings (SSSR count). The highest BCUT2D eigenvalue weighted by Gasteiger charge is 2.36. The number of aromatic carboxylic acids is 1. The fourth-order valence-electron chi connectivity index (χ4n) is 2.52. The van der Waals surface area contributed by atoms with E-state index in [4.69, 9.17) is 5.11 Å². The average molecular weight is 314 g/mol. The smallest absolute Gasteiger partial charge is 0.337 e. The summed E-state index contributed by atoms with van der Waals surface area (Å²) in [6, 6.07) is 2.34. The van der Waals surface area contributed by atoms with Crippen molar-refractivity contribution >= 4 is 16.0 Å². The van der Waals surface area contributed by atoms with E-state index in [-0.39, 0.29) is 17.2 Å². The van der Waals surface area contributed by atoms with Crippen LogP contribution < -0.4 is 4.72 Å². The predicted molar refractivity (Wildman–Crippen MR) is 74.4 cm³/mol. The number of rotatable bonds is 5. The minimum Gasteiger partial charge on any atom is -0.478 e. The second-order valence-electron chi connectivity index (χ2n) is 5.29. The first kappa shape index (κ1) is 15.9. The number of carboxylic acid groups (broad SMARTS) is 1. The van der Waals surface area contributed by atoms with Crippen molar-refractivity contribution in [2.45, 2.75) is 42.7 Å². The minimum atomic E-state index is -3.89. The van der Waals surface area contributed by atoms with Crippen LogP contribution >= 0.6 is 0 Å². The van der Waals surface area contributed by atoms with Crippen molar-refractivity contribution < 1.29 is 23.4 Å². The predicted octanol–water partition coefficient (Wildman–Crippen LogP) is 0.753. The molecule has 1 saturated carbocycles. The fraction of sp³-hybridized carbons (Fsp3) is 0.538. The molecule has 0 aromatic carbocycles. The lowest BCUT2D eigenvalue weighted by Gasteiger charge is -2.35. The van der Waals surface area contributed by atoms with Crippen LogP contribution in [0, 0.1) is 0 Å². The van der Waals surface area contributed by atoms with E-state index >= 15 is 0 Å². The molecule has 0 amide bonds. The molecular formula is C13H18N2O5S. The second-order valence-corrected chi connectivity index (χ2v) is 6.92. The second kappa shape index (κ2) is 6.08. The third kappa shape index (κ3) is 3.58. The Hall–Kier alpha value is -1.51. The standard InChI is InChI=1S/C13H18N2O5S/c16-9-13(6-2-1-3-7-13)15-21(19,20)11-5-4-10(8-14-11)12(17)18/h4-5,8,15-16H,1-3,6-7,9H2,(H,17,18). The SMILES string of the molecule is O=C(O)c1ccc(S(=O)(=O)NC2(CO)CCCCC2)nc1. The number of aliphatic hydroxyl groups excluding tert-OH is 1. The Bertz CT molecular complexity index is 606. The van der Waals surface area contributed by atoms with Gasteiger partial charge in [0, 0.05) is 6.20 Å². The highest BCUT2D eigenvalue weighted by atomic mass is 32.2. The van der Waals surface area contributed by atoms with Crippen molar-refractivity contribution in [2.24, 2.45) is 0 Å². The molecule has 0 saturated heterocycles. The van der Waals surface area contributed by atoms with Crippen molar-refractivity contribution in [3.05, 3.63) is 23.9 Å². The van der Waals surface area contributed by atoms with E-state index < -0.39 is 21.5 Å². The van der Waals surface area contributed by atoms with Crippen LogP contribution in [0.5, 0.6) is 0 Å². The largest absolute Gasteiger partial charge is 0.478 e. The quantitative estimate of drug-likeness (QED) is 0.738. The van der Waals surface area contributed by atoms with E-state index in [1.54, 1.807) is 0 Å². The van der Waals surface area contributed by atoms with Gasteiger partial charge in [0.1, 0.15) is 0 Å². The van der Waals surface area contributed by atoms with E-state index in [2.05, 4.69) is 9.71 Å². The van der Waals surface area contributed by atoms with Crippen LogP contribution in [0.15, 0.2) is 23.4 Å². The molecule has 0 unspecified atom stereocenters. The molecule has 1 heterocycles. The van der Waals surface area contributed by atoms with E-state index in [0.29, 0.717) is 12.8 Å². The van der Waals surface area contributed by atoms with Gasteiger partial charge in [0.2, 0.25) is 0 Å². The molecule has 1 fully saturated rings. The third-order valence-corrected chi connectivity index (χ3v) is 5.22. The summed E-state index contributed by atoms with van der Waals surface area (Å²) in [7, 11) is -3.89. The van der Waals surface area contributed by atoms with E-state index in [1.165, 1.54) is 6.07 Å². The molecule has 0 atom stereocenters. The van der Waals surface area contributed by atoms with E-state index in [9.17, 15) is 18.3 Å². The Morgan fingerprint density at radius 3 is 2.43 bits per heavy atom. The van der Waals surface area contributed by atoms with Gasteiger partial charge in [-0.2, -0.15) is 0 Å². The number of nitrogens with one attached hydrogen (secondary N) is 1. The molecule has 1 aliphatic rings. The van der Waals surface area contributed by atoms with Gasteiger partial charge in [-0.3, -0.25) is 0 Å². The number of sulfonamides is 1. The highest BCUT2D eigenvalue weighted by Crippen LogP contribution is 2.29. The molecule has 3 N–H and O–H groups in total. The lowest BCUT2D eigenvalue weighted by Crippen LogP contribution is -2.52. The maximum atomic E-state index is 12.3. The highest BCUT2D eigenvalue weighted by molar-refractivity contribution is 7.89. The average Bonchev–Trinajstić information content (AvgIpc) is 2.48. The summed E-state index contributed by atoms with van der Waals surface area (Å²) in [5, 5.41) is 18.1. The van der Waals surface area contributed by atoms with Gasteiger partial charge in [0.05, 0.1) is 17.7 Å². The van der Waals surface area contributed by atoms with Gasteiger partial charge in [-0.05, 0) is 25.0 Å². The van der Waals surface area contributed by atoms with Crippen molar-refractivity contribution in [1.82, 2.24) is 9.71 Å².